The Kier molecular flexibility index (Phi) is 5.59. The Morgan fingerprint density at radius 2 is 1.68 bits per heavy atom. The second-order valence-corrected chi connectivity index (χ2v) is 6.65. The molecule has 0 radical (unpaired) electrons. The van der Waals surface area contributed by atoms with Gasteiger partial charge in [0.15, 0.2) is 0 Å². The number of aliphatic carboxylic acids is 1. The minimum absolute atomic E-state index is 0.136. The average Bonchev–Trinajstić information content (AvgIpc) is 2.25. The number of rotatable bonds is 7. The lowest BCUT2D eigenvalue weighted by atomic mass is 9.83. The Labute approximate surface area is 116 Å². The summed E-state index contributed by atoms with van der Waals surface area (Å²) in [6.45, 7) is 8.49. The number of hydrogen-bond donors (Lipinski definition) is 1. The fourth-order valence-electron chi connectivity index (χ4n) is 2.29. The lowest BCUT2D eigenvalue weighted by molar-refractivity contribution is -0.139. The SMILES string of the molecule is CC(C)Cc1ccc(CCC(C)(C)CC(=O)O)cc1. The van der Waals surface area contributed by atoms with Gasteiger partial charge >= 0.3 is 5.97 Å². The second-order valence-electron chi connectivity index (χ2n) is 6.65. The van der Waals surface area contributed by atoms with Crippen LogP contribution < -0.4 is 0 Å². The number of carbonyl (C=O) groups is 1. The molecule has 0 amide bonds. The quantitative estimate of drug-likeness (QED) is 0.794. The molecule has 0 aliphatic rings. The zero-order valence-electron chi connectivity index (χ0n) is 12.6. The van der Waals surface area contributed by atoms with Crippen molar-refractivity contribution in [3.8, 4) is 0 Å². The van der Waals surface area contributed by atoms with Crippen LogP contribution in [0.1, 0.15) is 51.7 Å². The molecule has 0 aromatic heterocycles. The lowest BCUT2D eigenvalue weighted by Gasteiger charge is -2.22. The Bertz CT molecular complexity index is 402. The molecular weight excluding hydrogens is 236 g/mol. The Morgan fingerprint density at radius 1 is 1.16 bits per heavy atom. The molecule has 2 heteroatoms. The van der Waals surface area contributed by atoms with Crippen molar-refractivity contribution in [2.24, 2.45) is 11.3 Å². The van der Waals surface area contributed by atoms with E-state index >= 15 is 0 Å². The standard InChI is InChI=1S/C17H26O2/c1-13(2)11-15-7-5-14(6-8-15)9-10-17(3,4)12-16(18)19/h5-8,13H,9-12H2,1-4H3,(H,18,19). The Balaban J connectivity index is 2.52. The zero-order chi connectivity index (χ0) is 14.5. The van der Waals surface area contributed by atoms with Gasteiger partial charge in [-0.15, -0.1) is 0 Å². The van der Waals surface area contributed by atoms with Crippen LogP contribution in [0.25, 0.3) is 0 Å². The molecule has 2 nitrogen and oxygen atoms in total. The predicted octanol–water partition coefficient (Wildman–Crippen LogP) is 4.32. The van der Waals surface area contributed by atoms with E-state index in [2.05, 4.69) is 38.1 Å². The summed E-state index contributed by atoms with van der Waals surface area (Å²) < 4.78 is 0. The first kappa shape index (κ1) is 15.7. The van der Waals surface area contributed by atoms with Crippen molar-refractivity contribution in [1.29, 1.82) is 0 Å². The van der Waals surface area contributed by atoms with Crippen LogP contribution in [0.2, 0.25) is 0 Å². The third-order valence-electron chi connectivity index (χ3n) is 3.39. The maximum absolute atomic E-state index is 10.8. The molecule has 0 bridgehead atoms. The van der Waals surface area contributed by atoms with E-state index in [1.807, 2.05) is 13.8 Å². The van der Waals surface area contributed by atoms with Crippen LogP contribution in [0, 0.1) is 11.3 Å². The summed E-state index contributed by atoms with van der Waals surface area (Å²) in [5.41, 5.74) is 2.54. The maximum atomic E-state index is 10.8. The summed E-state index contributed by atoms with van der Waals surface area (Å²) in [7, 11) is 0. The van der Waals surface area contributed by atoms with E-state index in [-0.39, 0.29) is 11.8 Å². The molecule has 0 unspecified atom stereocenters. The monoisotopic (exact) mass is 262 g/mol. The van der Waals surface area contributed by atoms with Gasteiger partial charge in [0.1, 0.15) is 0 Å². The van der Waals surface area contributed by atoms with Gasteiger partial charge in [-0.2, -0.15) is 0 Å². The highest BCUT2D eigenvalue weighted by molar-refractivity contribution is 5.67. The molecule has 1 rings (SSSR count). The fraction of sp³-hybridized carbons (Fsp3) is 0.588. The molecule has 106 valence electrons. The molecule has 0 spiro atoms. The third kappa shape index (κ3) is 6.42. The normalized spacial score (nSPS) is 11.8. The molecule has 0 atom stereocenters. The average molecular weight is 262 g/mol. The van der Waals surface area contributed by atoms with Crippen LogP contribution in [-0.2, 0) is 17.6 Å². The topological polar surface area (TPSA) is 37.3 Å². The minimum atomic E-state index is -0.711. The van der Waals surface area contributed by atoms with Crippen molar-refractivity contribution >= 4 is 5.97 Å². The highest BCUT2D eigenvalue weighted by Gasteiger charge is 2.21. The largest absolute Gasteiger partial charge is 0.481 e. The molecule has 1 aromatic carbocycles. The number of carboxylic acids is 1. The van der Waals surface area contributed by atoms with Crippen molar-refractivity contribution in [2.45, 2.75) is 53.4 Å². The Morgan fingerprint density at radius 3 is 2.16 bits per heavy atom. The molecule has 0 heterocycles. The summed E-state index contributed by atoms with van der Waals surface area (Å²) in [5.74, 6) is -0.0300. The van der Waals surface area contributed by atoms with E-state index < -0.39 is 5.97 Å². The first-order valence-corrected chi connectivity index (χ1v) is 7.08. The number of carboxylic acid groups (broad SMARTS) is 1. The van der Waals surface area contributed by atoms with Crippen LogP contribution in [0.5, 0.6) is 0 Å². The first-order chi connectivity index (χ1) is 8.78. The molecule has 1 aromatic rings. The third-order valence-corrected chi connectivity index (χ3v) is 3.39. The molecular formula is C17H26O2. The van der Waals surface area contributed by atoms with E-state index in [0.717, 1.165) is 19.3 Å². The molecule has 1 N–H and O–H groups in total. The molecule has 0 aliphatic heterocycles. The van der Waals surface area contributed by atoms with Gasteiger partial charge in [-0.25, -0.2) is 0 Å². The number of aryl methyl sites for hydroxylation is 1. The van der Waals surface area contributed by atoms with Gasteiger partial charge < -0.3 is 5.11 Å². The molecule has 0 saturated carbocycles. The fourth-order valence-corrected chi connectivity index (χ4v) is 2.29. The van der Waals surface area contributed by atoms with Gasteiger partial charge in [0.25, 0.3) is 0 Å². The van der Waals surface area contributed by atoms with Crippen LogP contribution >= 0.6 is 0 Å². The maximum Gasteiger partial charge on any atom is 0.303 e. The van der Waals surface area contributed by atoms with E-state index in [4.69, 9.17) is 5.11 Å². The summed E-state index contributed by atoms with van der Waals surface area (Å²) in [6.07, 6.45) is 3.20. The van der Waals surface area contributed by atoms with Gasteiger partial charge in [0.2, 0.25) is 0 Å². The van der Waals surface area contributed by atoms with Crippen LogP contribution in [0.15, 0.2) is 24.3 Å². The van der Waals surface area contributed by atoms with Crippen molar-refractivity contribution < 1.29 is 9.90 Å². The van der Waals surface area contributed by atoms with Crippen molar-refractivity contribution in [2.75, 3.05) is 0 Å². The van der Waals surface area contributed by atoms with Crippen molar-refractivity contribution in [3.63, 3.8) is 0 Å². The molecule has 0 aliphatic carbocycles. The number of benzene rings is 1. The summed E-state index contributed by atoms with van der Waals surface area (Å²) in [4.78, 5) is 10.8. The Hall–Kier alpha value is -1.31. The summed E-state index contributed by atoms with van der Waals surface area (Å²) >= 11 is 0. The molecule has 0 fully saturated rings. The highest BCUT2D eigenvalue weighted by Crippen LogP contribution is 2.27. The van der Waals surface area contributed by atoms with Crippen LogP contribution in [0.4, 0.5) is 0 Å². The van der Waals surface area contributed by atoms with Gasteiger partial charge in [0, 0.05) is 0 Å². The number of hydrogen-bond acceptors (Lipinski definition) is 1. The van der Waals surface area contributed by atoms with Gasteiger partial charge in [0.05, 0.1) is 6.42 Å². The van der Waals surface area contributed by atoms with E-state index in [0.29, 0.717) is 5.92 Å². The van der Waals surface area contributed by atoms with E-state index in [1.54, 1.807) is 0 Å². The first-order valence-electron chi connectivity index (χ1n) is 7.08. The van der Waals surface area contributed by atoms with E-state index in [1.165, 1.54) is 11.1 Å². The summed E-state index contributed by atoms with van der Waals surface area (Å²) in [6, 6.07) is 8.74. The lowest BCUT2D eigenvalue weighted by Crippen LogP contribution is -2.17. The van der Waals surface area contributed by atoms with Gasteiger partial charge in [-0.05, 0) is 41.7 Å². The highest BCUT2D eigenvalue weighted by atomic mass is 16.4. The van der Waals surface area contributed by atoms with Crippen LogP contribution in [0.3, 0.4) is 0 Å². The summed E-state index contributed by atoms with van der Waals surface area (Å²) in [5, 5.41) is 8.87. The predicted molar refractivity (Wildman–Crippen MR) is 79.3 cm³/mol. The van der Waals surface area contributed by atoms with Crippen molar-refractivity contribution in [3.05, 3.63) is 35.4 Å². The van der Waals surface area contributed by atoms with Crippen LogP contribution in [-0.4, -0.2) is 11.1 Å². The molecule has 19 heavy (non-hydrogen) atoms. The smallest absolute Gasteiger partial charge is 0.303 e. The zero-order valence-corrected chi connectivity index (χ0v) is 12.6. The molecule has 0 saturated heterocycles. The second kappa shape index (κ2) is 6.74. The minimum Gasteiger partial charge on any atom is -0.481 e. The van der Waals surface area contributed by atoms with E-state index in [9.17, 15) is 4.79 Å². The van der Waals surface area contributed by atoms with Gasteiger partial charge in [-0.1, -0.05) is 52.0 Å². The van der Waals surface area contributed by atoms with Gasteiger partial charge in [-0.3, -0.25) is 4.79 Å². The van der Waals surface area contributed by atoms with Crippen molar-refractivity contribution in [1.82, 2.24) is 0 Å².